The van der Waals surface area contributed by atoms with Crippen LogP contribution < -0.4 is 5.32 Å². The van der Waals surface area contributed by atoms with Gasteiger partial charge >= 0.3 is 6.03 Å². The van der Waals surface area contributed by atoms with E-state index in [2.05, 4.69) is 10.2 Å². The molecule has 7 heteroatoms. The van der Waals surface area contributed by atoms with Gasteiger partial charge in [-0.3, -0.25) is 0 Å². The lowest BCUT2D eigenvalue weighted by Gasteiger charge is -2.29. The molecule has 0 aromatic carbocycles. The first kappa shape index (κ1) is 15.1. The van der Waals surface area contributed by atoms with Crippen molar-refractivity contribution in [1.82, 2.24) is 15.1 Å². The van der Waals surface area contributed by atoms with Gasteiger partial charge in [-0.1, -0.05) is 0 Å². The summed E-state index contributed by atoms with van der Waals surface area (Å²) in [6.07, 6.45) is 5.19. The summed E-state index contributed by atoms with van der Waals surface area (Å²) in [5.74, 6) is 0.304. The molecular formula is C14H25N3O3S. The van der Waals surface area contributed by atoms with E-state index in [1.54, 1.807) is 0 Å². The second-order valence-electron chi connectivity index (χ2n) is 6.55. The number of hydrogen-bond donors (Lipinski definition) is 1. The van der Waals surface area contributed by atoms with Crippen molar-refractivity contribution in [2.45, 2.75) is 44.2 Å². The van der Waals surface area contributed by atoms with Crippen molar-refractivity contribution in [2.75, 3.05) is 37.7 Å². The first-order valence-electron chi connectivity index (χ1n) is 8.03. The number of urea groups is 1. The average molecular weight is 315 g/mol. The van der Waals surface area contributed by atoms with E-state index in [1.807, 2.05) is 4.90 Å². The lowest BCUT2D eigenvalue weighted by atomic mass is 10.2. The van der Waals surface area contributed by atoms with Gasteiger partial charge in [-0.15, -0.1) is 0 Å². The Morgan fingerprint density at radius 3 is 2.52 bits per heavy atom. The zero-order valence-electron chi connectivity index (χ0n) is 12.5. The molecule has 0 radical (unpaired) electrons. The first-order chi connectivity index (χ1) is 10.0. The third-order valence-electron chi connectivity index (χ3n) is 4.87. The molecule has 120 valence electrons. The molecule has 3 heterocycles. The summed E-state index contributed by atoms with van der Waals surface area (Å²) in [4.78, 5) is 16.8. The van der Waals surface area contributed by atoms with E-state index in [0.717, 1.165) is 39.0 Å². The van der Waals surface area contributed by atoms with Crippen molar-refractivity contribution in [2.24, 2.45) is 0 Å². The molecule has 6 nitrogen and oxygen atoms in total. The van der Waals surface area contributed by atoms with Crippen LogP contribution in [0.25, 0.3) is 0 Å². The number of nitrogens with one attached hydrogen (secondary N) is 1. The fraction of sp³-hybridized carbons (Fsp3) is 0.929. The number of carbonyl (C=O) groups excluding carboxylic acids is 1. The predicted molar refractivity (Wildman–Crippen MR) is 81.0 cm³/mol. The molecule has 21 heavy (non-hydrogen) atoms. The quantitative estimate of drug-likeness (QED) is 0.821. The Morgan fingerprint density at radius 2 is 1.86 bits per heavy atom. The lowest BCUT2D eigenvalue weighted by molar-refractivity contribution is 0.172. The first-order valence-corrected chi connectivity index (χ1v) is 9.85. The minimum atomic E-state index is -2.94. The van der Waals surface area contributed by atoms with E-state index in [0.29, 0.717) is 12.5 Å². The molecule has 0 aliphatic carbocycles. The number of rotatable bonds is 3. The summed E-state index contributed by atoms with van der Waals surface area (Å²) in [5.41, 5.74) is 0. The van der Waals surface area contributed by atoms with Crippen LogP contribution in [0.2, 0.25) is 0 Å². The zero-order valence-corrected chi connectivity index (χ0v) is 13.3. The van der Waals surface area contributed by atoms with E-state index in [1.165, 1.54) is 12.8 Å². The molecule has 2 unspecified atom stereocenters. The molecule has 2 atom stereocenters. The maximum Gasteiger partial charge on any atom is 0.317 e. The summed E-state index contributed by atoms with van der Waals surface area (Å²) in [7, 11) is -2.94. The summed E-state index contributed by atoms with van der Waals surface area (Å²) in [6.45, 7) is 4.06. The number of amides is 2. The fourth-order valence-electron chi connectivity index (χ4n) is 3.72. The third kappa shape index (κ3) is 3.69. The molecule has 3 aliphatic rings. The standard InChI is InChI=1S/C14H25N3O3S/c18-14(15-12-5-9-21(19,20)11-12)17-8-3-4-13(17)10-16-6-1-2-7-16/h12-13H,1-11H2,(H,15,18). The molecule has 3 fully saturated rings. The topological polar surface area (TPSA) is 69.7 Å². The highest BCUT2D eigenvalue weighted by Gasteiger charge is 2.34. The zero-order chi connectivity index (χ0) is 14.9. The summed E-state index contributed by atoms with van der Waals surface area (Å²) in [6, 6.07) is 0.0236. The highest BCUT2D eigenvalue weighted by atomic mass is 32.2. The highest BCUT2D eigenvalue weighted by Crippen LogP contribution is 2.21. The Morgan fingerprint density at radius 1 is 1.10 bits per heavy atom. The Labute approximate surface area is 126 Å². The van der Waals surface area contributed by atoms with Gasteiger partial charge in [-0.2, -0.15) is 0 Å². The predicted octanol–water partition coefficient (Wildman–Crippen LogP) is 0.443. The Hall–Kier alpha value is -0.820. The molecule has 1 N–H and O–H groups in total. The van der Waals surface area contributed by atoms with Crippen molar-refractivity contribution in [3.8, 4) is 0 Å². The minimum Gasteiger partial charge on any atom is -0.334 e. The van der Waals surface area contributed by atoms with Crippen LogP contribution in [0.3, 0.4) is 0 Å². The van der Waals surface area contributed by atoms with Gasteiger partial charge in [0.25, 0.3) is 0 Å². The van der Waals surface area contributed by atoms with E-state index in [4.69, 9.17) is 0 Å². The average Bonchev–Trinajstić information content (AvgIpc) is 3.12. The molecule has 3 rings (SSSR count). The number of sulfone groups is 1. The molecular weight excluding hydrogens is 290 g/mol. The van der Waals surface area contributed by atoms with Crippen molar-refractivity contribution < 1.29 is 13.2 Å². The monoisotopic (exact) mass is 315 g/mol. The molecule has 3 saturated heterocycles. The van der Waals surface area contributed by atoms with Crippen LogP contribution in [-0.2, 0) is 9.84 Å². The van der Waals surface area contributed by atoms with Gasteiger partial charge in [-0.25, -0.2) is 13.2 Å². The number of likely N-dealkylation sites (tertiary alicyclic amines) is 2. The van der Waals surface area contributed by atoms with Crippen LogP contribution >= 0.6 is 0 Å². The van der Waals surface area contributed by atoms with E-state index in [-0.39, 0.29) is 23.6 Å². The maximum atomic E-state index is 12.4. The van der Waals surface area contributed by atoms with E-state index >= 15 is 0 Å². The molecule has 3 aliphatic heterocycles. The minimum absolute atomic E-state index is 0.0706. The van der Waals surface area contributed by atoms with Gasteiger partial charge in [0, 0.05) is 25.2 Å². The number of carbonyl (C=O) groups is 1. The third-order valence-corrected chi connectivity index (χ3v) is 6.63. The van der Waals surface area contributed by atoms with Crippen molar-refractivity contribution in [3.63, 3.8) is 0 Å². The maximum absolute atomic E-state index is 12.4. The largest absolute Gasteiger partial charge is 0.334 e. The molecule has 0 aromatic heterocycles. The number of nitrogens with zero attached hydrogens (tertiary/aromatic N) is 2. The van der Waals surface area contributed by atoms with Gasteiger partial charge < -0.3 is 15.1 Å². The van der Waals surface area contributed by atoms with E-state index < -0.39 is 9.84 Å². The summed E-state index contributed by atoms with van der Waals surface area (Å²) >= 11 is 0. The SMILES string of the molecule is O=C(NC1CCS(=O)(=O)C1)N1CCCC1CN1CCCC1. The highest BCUT2D eigenvalue weighted by molar-refractivity contribution is 7.91. The second-order valence-corrected chi connectivity index (χ2v) is 8.78. The Bertz CT molecular complexity index is 488. The summed E-state index contributed by atoms with van der Waals surface area (Å²) in [5, 5.41) is 2.92. The van der Waals surface area contributed by atoms with Gasteiger partial charge in [-0.05, 0) is 45.2 Å². The fourth-order valence-corrected chi connectivity index (χ4v) is 5.40. The molecule has 0 bridgehead atoms. The normalized spacial score (nSPS) is 32.7. The van der Waals surface area contributed by atoms with Crippen LogP contribution in [0.15, 0.2) is 0 Å². The Balaban J connectivity index is 1.53. The molecule has 2 amide bonds. The van der Waals surface area contributed by atoms with E-state index in [9.17, 15) is 13.2 Å². The molecule has 0 aromatic rings. The van der Waals surface area contributed by atoms with Gasteiger partial charge in [0.2, 0.25) is 0 Å². The Kier molecular flexibility index (Phi) is 4.40. The van der Waals surface area contributed by atoms with Gasteiger partial charge in [0.1, 0.15) is 0 Å². The van der Waals surface area contributed by atoms with Crippen LogP contribution in [0.5, 0.6) is 0 Å². The van der Waals surface area contributed by atoms with Crippen LogP contribution in [0, 0.1) is 0 Å². The van der Waals surface area contributed by atoms with Crippen molar-refractivity contribution >= 4 is 15.9 Å². The van der Waals surface area contributed by atoms with Gasteiger partial charge in [0.15, 0.2) is 9.84 Å². The van der Waals surface area contributed by atoms with Crippen molar-refractivity contribution in [1.29, 1.82) is 0 Å². The van der Waals surface area contributed by atoms with Crippen molar-refractivity contribution in [3.05, 3.63) is 0 Å². The molecule has 0 saturated carbocycles. The number of hydrogen-bond acceptors (Lipinski definition) is 4. The van der Waals surface area contributed by atoms with Crippen LogP contribution in [-0.4, -0.2) is 74.0 Å². The lowest BCUT2D eigenvalue weighted by Crippen LogP contribution is -2.50. The smallest absolute Gasteiger partial charge is 0.317 e. The van der Waals surface area contributed by atoms with Crippen LogP contribution in [0.1, 0.15) is 32.1 Å². The van der Waals surface area contributed by atoms with Gasteiger partial charge in [0.05, 0.1) is 11.5 Å². The second kappa shape index (κ2) is 6.12. The molecule has 0 spiro atoms. The van der Waals surface area contributed by atoms with Crippen LogP contribution in [0.4, 0.5) is 4.79 Å². The summed E-state index contributed by atoms with van der Waals surface area (Å²) < 4.78 is 22.9.